The van der Waals surface area contributed by atoms with Gasteiger partial charge in [0, 0.05) is 32.8 Å². The predicted molar refractivity (Wildman–Crippen MR) is 197 cm³/mol. The SMILES string of the molecule is NN(C(=O)c1ccccc1-c1c(-c2ccccc2)ccc2c1[nH]c1ccccc12)c1cccc2c3ccccc3c3ccccc3c12. The van der Waals surface area contributed by atoms with Crippen molar-refractivity contribution >= 4 is 65.7 Å². The van der Waals surface area contributed by atoms with E-state index in [9.17, 15) is 4.79 Å². The molecular formula is C43H29N3O. The maximum Gasteiger partial charge on any atom is 0.273 e. The van der Waals surface area contributed by atoms with Crippen LogP contribution >= 0.6 is 0 Å². The van der Waals surface area contributed by atoms with Gasteiger partial charge in [-0.15, -0.1) is 0 Å². The Labute approximate surface area is 271 Å². The number of anilines is 1. The molecule has 1 aromatic heterocycles. The van der Waals surface area contributed by atoms with Crippen LogP contribution in [-0.2, 0) is 0 Å². The molecule has 0 saturated heterocycles. The van der Waals surface area contributed by atoms with Crippen LogP contribution in [0.2, 0.25) is 0 Å². The molecule has 0 fully saturated rings. The fraction of sp³-hybridized carbons (Fsp3) is 0. The van der Waals surface area contributed by atoms with Crippen molar-refractivity contribution in [1.29, 1.82) is 0 Å². The van der Waals surface area contributed by atoms with Gasteiger partial charge in [-0.1, -0.05) is 140 Å². The maximum absolute atomic E-state index is 14.7. The molecule has 8 aromatic carbocycles. The molecule has 1 amide bonds. The van der Waals surface area contributed by atoms with E-state index in [1.54, 1.807) is 0 Å². The van der Waals surface area contributed by atoms with Gasteiger partial charge < -0.3 is 4.98 Å². The third kappa shape index (κ3) is 4.16. The van der Waals surface area contributed by atoms with Gasteiger partial charge in [0.2, 0.25) is 0 Å². The number of benzene rings is 8. The molecule has 0 unspecified atom stereocenters. The van der Waals surface area contributed by atoms with Gasteiger partial charge in [0.1, 0.15) is 0 Å². The quantitative estimate of drug-likeness (QED) is 0.0910. The highest BCUT2D eigenvalue weighted by molar-refractivity contribution is 6.30. The predicted octanol–water partition coefficient (Wildman–Crippen LogP) is 10.6. The third-order valence-electron chi connectivity index (χ3n) is 9.42. The number of aromatic nitrogens is 1. The second kappa shape index (κ2) is 10.7. The van der Waals surface area contributed by atoms with Crippen LogP contribution < -0.4 is 10.9 Å². The van der Waals surface area contributed by atoms with Gasteiger partial charge in [0.25, 0.3) is 5.91 Å². The molecular weight excluding hydrogens is 574 g/mol. The summed E-state index contributed by atoms with van der Waals surface area (Å²) in [7, 11) is 0. The van der Waals surface area contributed by atoms with Gasteiger partial charge in [-0.05, 0) is 61.8 Å². The molecule has 1 heterocycles. The number of nitrogens with two attached hydrogens (primary N) is 1. The first-order chi connectivity index (χ1) is 23.2. The molecule has 9 rings (SSSR count). The fourth-order valence-corrected chi connectivity index (χ4v) is 7.32. The Bertz CT molecular complexity index is 2630. The number of para-hydroxylation sites is 1. The minimum atomic E-state index is -0.280. The highest BCUT2D eigenvalue weighted by atomic mass is 16.2. The number of H-pyrrole nitrogens is 1. The first-order valence-electron chi connectivity index (χ1n) is 15.8. The van der Waals surface area contributed by atoms with Crippen molar-refractivity contribution in [2.24, 2.45) is 5.84 Å². The minimum Gasteiger partial charge on any atom is -0.354 e. The smallest absolute Gasteiger partial charge is 0.273 e. The van der Waals surface area contributed by atoms with Crippen molar-refractivity contribution < 1.29 is 4.79 Å². The highest BCUT2D eigenvalue weighted by Gasteiger charge is 2.25. The number of carbonyl (C=O) groups excluding carboxylic acids is 1. The van der Waals surface area contributed by atoms with Crippen molar-refractivity contribution in [2.45, 2.75) is 0 Å². The van der Waals surface area contributed by atoms with E-state index in [2.05, 4.69) is 96.0 Å². The number of hydrogen-bond donors (Lipinski definition) is 2. The van der Waals surface area contributed by atoms with E-state index in [1.807, 2.05) is 66.7 Å². The number of hydrogen-bond acceptors (Lipinski definition) is 2. The van der Waals surface area contributed by atoms with Crippen molar-refractivity contribution in [1.82, 2.24) is 4.98 Å². The average molecular weight is 604 g/mol. The molecule has 3 N–H and O–H groups in total. The Kier molecular flexibility index (Phi) is 6.17. The van der Waals surface area contributed by atoms with Gasteiger partial charge in [0.15, 0.2) is 0 Å². The van der Waals surface area contributed by atoms with E-state index in [0.29, 0.717) is 11.3 Å². The van der Waals surface area contributed by atoms with Crippen LogP contribution in [0.15, 0.2) is 158 Å². The van der Waals surface area contributed by atoms with Crippen LogP contribution in [0.1, 0.15) is 10.4 Å². The van der Waals surface area contributed by atoms with Crippen LogP contribution in [0.5, 0.6) is 0 Å². The van der Waals surface area contributed by atoms with Gasteiger partial charge in [0.05, 0.1) is 11.2 Å². The van der Waals surface area contributed by atoms with E-state index < -0.39 is 0 Å². The van der Waals surface area contributed by atoms with E-state index >= 15 is 0 Å². The Hall–Kier alpha value is -6.23. The van der Waals surface area contributed by atoms with Gasteiger partial charge in [-0.3, -0.25) is 4.79 Å². The number of amides is 1. The van der Waals surface area contributed by atoms with E-state index in [4.69, 9.17) is 5.84 Å². The Morgan fingerprint density at radius 2 is 1.06 bits per heavy atom. The number of hydrazine groups is 1. The van der Waals surface area contributed by atoms with Crippen LogP contribution in [0.4, 0.5) is 5.69 Å². The lowest BCUT2D eigenvalue weighted by Crippen LogP contribution is -2.38. The molecule has 4 heteroatoms. The molecule has 47 heavy (non-hydrogen) atoms. The van der Waals surface area contributed by atoms with Crippen LogP contribution in [0.3, 0.4) is 0 Å². The first-order valence-corrected chi connectivity index (χ1v) is 15.8. The number of aromatic amines is 1. The number of nitrogens with zero attached hydrogens (tertiary/aromatic N) is 1. The second-order valence-electron chi connectivity index (χ2n) is 12.0. The zero-order chi connectivity index (χ0) is 31.5. The zero-order valence-corrected chi connectivity index (χ0v) is 25.4. The lowest BCUT2D eigenvalue weighted by molar-refractivity contribution is 0.0988. The summed E-state index contributed by atoms with van der Waals surface area (Å²) >= 11 is 0. The zero-order valence-electron chi connectivity index (χ0n) is 25.4. The van der Waals surface area contributed by atoms with E-state index in [1.165, 1.54) is 10.4 Å². The van der Waals surface area contributed by atoms with Crippen molar-refractivity contribution in [2.75, 3.05) is 5.01 Å². The summed E-state index contributed by atoms with van der Waals surface area (Å²) in [6, 6.07) is 53.6. The van der Waals surface area contributed by atoms with Gasteiger partial charge in [-0.2, -0.15) is 0 Å². The molecule has 0 radical (unpaired) electrons. The summed E-state index contributed by atoms with van der Waals surface area (Å²) in [5.41, 5.74) is 7.12. The maximum atomic E-state index is 14.7. The standard InChI is InChI=1S/C43H29N3O/c44-46(39-24-12-22-34-31-16-5-4-15-29(31)30-17-6-7-19-33(30)40(34)39)43(47)37-21-9-8-20-35(37)41-28(27-13-2-1-3-14-27)25-26-36-32-18-10-11-23-38(32)45-42(36)41/h1-26,45H,44H2. The summed E-state index contributed by atoms with van der Waals surface area (Å²) in [5.74, 6) is 6.64. The Balaban J connectivity index is 1.28. The monoisotopic (exact) mass is 603 g/mol. The van der Waals surface area contributed by atoms with Crippen LogP contribution in [-0.4, -0.2) is 10.9 Å². The molecule has 9 aromatic rings. The van der Waals surface area contributed by atoms with Crippen LogP contribution in [0.25, 0.3) is 76.4 Å². The number of nitrogens with one attached hydrogen (secondary N) is 1. The van der Waals surface area contributed by atoms with E-state index in [-0.39, 0.29) is 5.91 Å². The fourth-order valence-electron chi connectivity index (χ4n) is 7.32. The largest absolute Gasteiger partial charge is 0.354 e. The second-order valence-corrected chi connectivity index (χ2v) is 12.0. The minimum absolute atomic E-state index is 0.280. The summed E-state index contributed by atoms with van der Waals surface area (Å²) in [5, 5.41) is 10.1. The molecule has 222 valence electrons. The van der Waals surface area contributed by atoms with Crippen molar-refractivity contribution in [3.05, 3.63) is 163 Å². The molecule has 4 nitrogen and oxygen atoms in total. The van der Waals surface area contributed by atoms with Gasteiger partial charge in [-0.25, -0.2) is 10.9 Å². The van der Waals surface area contributed by atoms with E-state index in [0.717, 1.165) is 71.0 Å². The van der Waals surface area contributed by atoms with Crippen molar-refractivity contribution in [3.63, 3.8) is 0 Å². The molecule has 0 aliphatic rings. The topological polar surface area (TPSA) is 62.1 Å². The molecule has 0 atom stereocenters. The summed E-state index contributed by atoms with van der Waals surface area (Å²) in [4.78, 5) is 18.4. The lowest BCUT2D eigenvalue weighted by Gasteiger charge is -2.23. The third-order valence-corrected chi connectivity index (χ3v) is 9.42. The van der Waals surface area contributed by atoms with Gasteiger partial charge >= 0.3 is 0 Å². The molecule has 0 saturated carbocycles. The molecule has 0 aliphatic carbocycles. The average Bonchev–Trinajstić information content (AvgIpc) is 3.53. The highest BCUT2D eigenvalue weighted by Crippen LogP contribution is 2.43. The van der Waals surface area contributed by atoms with Crippen LogP contribution in [0, 0.1) is 0 Å². The number of rotatable bonds is 4. The summed E-state index contributed by atoms with van der Waals surface area (Å²) in [6.07, 6.45) is 0. The lowest BCUT2D eigenvalue weighted by atomic mass is 9.89. The molecule has 0 aliphatic heterocycles. The Morgan fingerprint density at radius 3 is 1.81 bits per heavy atom. The first kappa shape index (κ1) is 27.1. The normalized spacial score (nSPS) is 11.6. The summed E-state index contributed by atoms with van der Waals surface area (Å²) < 4.78 is 0. The molecule has 0 bridgehead atoms. The molecule has 0 spiro atoms. The number of fused-ring (bicyclic) bond motifs is 9. The number of carbonyl (C=O) groups is 1. The van der Waals surface area contributed by atoms with Crippen molar-refractivity contribution in [3.8, 4) is 22.3 Å². The Morgan fingerprint density at radius 1 is 0.489 bits per heavy atom. The summed E-state index contributed by atoms with van der Waals surface area (Å²) in [6.45, 7) is 0.